The first-order valence-corrected chi connectivity index (χ1v) is 7.37. The molecule has 0 saturated heterocycles. The van der Waals surface area contributed by atoms with E-state index < -0.39 is 0 Å². The highest BCUT2D eigenvalue weighted by Gasteiger charge is 2.54. The first-order chi connectivity index (χ1) is 9.18. The molecular formula is C14H21N3O2. The summed E-state index contributed by atoms with van der Waals surface area (Å²) in [5, 5.41) is 16.9. The topological polar surface area (TPSA) is 85.2 Å². The molecule has 5 rings (SSSR count). The van der Waals surface area contributed by atoms with Crippen molar-refractivity contribution in [2.45, 2.75) is 51.2 Å². The number of hydrogen-bond donors (Lipinski definition) is 2. The zero-order valence-electron chi connectivity index (χ0n) is 11.1. The summed E-state index contributed by atoms with van der Waals surface area (Å²) in [6.07, 6.45) is 7.86. The van der Waals surface area contributed by atoms with E-state index in [2.05, 4.69) is 10.2 Å². The predicted molar refractivity (Wildman–Crippen MR) is 67.8 cm³/mol. The highest BCUT2D eigenvalue weighted by Crippen LogP contribution is 2.63. The molecule has 0 aliphatic heterocycles. The smallest absolute Gasteiger partial charge is 0.241 e. The molecule has 104 valence electrons. The van der Waals surface area contributed by atoms with Crippen molar-refractivity contribution in [3.63, 3.8) is 0 Å². The van der Waals surface area contributed by atoms with Crippen molar-refractivity contribution < 1.29 is 9.52 Å². The fraction of sp³-hybridized carbons (Fsp3) is 0.857. The van der Waals surface area contributed by atoms with Crippen molar-refractivity contribution in [2.24, 2.45) is 28.9 Å². The summed E-state index contributed by atoms with van der Waals surface area (Å²) in [7, 11) is 0. The van der Waals surface area contributed by atoms with Crippen LogP contribution in [0.1, 0.15) is 56.3 Å². The lowest BCUT2D eigenvalue weighted by Gasteiger charge is -2.58. The molecule has 5 nitrogen and oxygen atoms in total. The van der Waals surface area contributed by atoms with E-state index in [1.54, 1.807) is 0 Å². The Hall–Kier alpha value is -0.940. The Bertz CT molecular complexity index is 450. The van der Waals surface area contributed by atoms with Gasteiger partial charge in [0.1, 0.15) is 6.61 Å². The molecule has 0 aromatic carbocycles. The maximum absolute atomic E-state index is 9.03. The molecule has 4 aliphatic carbocycles. The Morgan fingerprint density at radius 3 is 2.21 bits per heavy atom. The van der Waals surface area contributed by atoms with E-state index in [0.29, 0.717) is 5.89 Å². The number of hydrogen-bond acceptors (Lipinski definition) is 5. The van der Waals surface area contributed by atoms with Crippen molar-refractivity contribution in [1.29, 1.82) is 0 Å². The Balaban J connectivity index is 1.63. The Morgan fingerprint density at radius 2 is 1.74 bits per heavy atom. The lowest BCUT2D eigenvalue weighted by molar-refractivity contribution is -0.0720. The Labute approximate surface area is 112 Å². The maximum atomic E-state index is 9.03. The number of rotatable bonds is 3. The van der Waals surface area contributed by atoms with E-state index >= 15 is 0 Å². The molecule has 4 aliphatic rings. The third-order valence-electron chi connectivity index (χ3n) is 5.63. The summed E-state index contributed by atoms with van der Waals surface area (Å²) in [6, 6.07) is -0.159. The predicted octanol–water partition coefficient (Wildman–Crippen LogP) is 1.78. The van der Waals surface area contributed by atoms with E-state index in [0.717, 1.165) is 17.8 Å². The first-order valence-electron chi connectivity index (χ1n) is 7.37. The van der Waals surface area contributed by atoms with Gasteiger partial charge in [-0.1, -0.05) is 0 Å². The largest absolute Gasteiger partial charge is 0.421 e. The molecule has 3 N–H and O–H groups in total. The molecule has 0 radical (unpaired) electrons. The molecule has 1 atom stereocenters. The third kappa shape index (κ3) is 1.75. The van der Waals surface area contributed by atoms with E-state index in [-0.39, 0.29) is 24.0 Å². The molecule has 5 heteroatoms. The quantitative estimate of drug-likeness (QED) is 0.868. The molecule has 1 unspecified atom stereocenters. The van der Waals surface area contributed by atoms with E-state index in [4.69, 9.17) is 15.3 Å². The number of aliphatic hydroxyl groups is 1. The van der Waals surface area contributed by atoms with Crippen LogP contribution in [-0.2, 0) is 6.61 Å². The summed E-state index contributed by atoms with van der Waals surface area (Å²) in [5.41, 5.74) is 6.66. The number of nitrogens with two attached hydrogens (primary N) is 1. The van der Waals surface area contributed by atoms with Gasteiger partial charge in [-0.05, 0) is 61.7 Å². The van der Waals surface area contributed by atoms with Crippen molar-refractivity contribution in [3.8, 4) is 0 Å². The summed E-state index contributed by atoms with van der Waals surface area (Å²) < 4.78 is 5.49. The van der Waals surface area contributed by atoms with Gasteiger partial charge in [0.15, 0.2) is 0 Å². The van der Waals surface area contributed by atoms with Crippen LogP contribution >= 0.6 is 0 Å². The molecule has 4 saturated carbocycles. The van der Waals surface area contributed by atoms with Crippen LogP contribution < -0.4 is 5.73 Å². The zero-order valence-corrected chi connectivity index (χ0v) is 11.1. The van der Waals surface area contributed by atoms with E-state index in [1.807, 2.05) is 0 Å². The second kappa shape index (κ2) is 4.03. The third-order valence-corrected chi connectivity index (χ3v) is 5.63. The average Bonchev–Trinajstić information content (AvgIpc) is 2.84. The van der Waals surface area contributed by atoms with Crippen molar-refractivity contribution in [2.75, 3.05) is 0 Å². The highest BCUT2D eigenvalue weighted by atomic mass is 16.4. The highest BCUT2D eigenvalue weighted by molar-refractivity contribution is 5.09. The normalized spacial score (nSPS) is 41.7. The van der Waals surface area contributed by atoms with E-state index in [1.165, 1.54) is 38.5 Å². The van der Waals surface area contributed by atoms with Gasteiger partial charge in [-0.2, -0.15) is 0 Å². The van der Waals surface area contributed by atoms with Gasteiger partial charge in [-0.3, -0.25) is 0 Å². The minimum Gasteiger partial charge on any atom is -0.421 e. The van der Waals surface area contributed by atoms with Crippen LogP contribution in [0.4, 0.5) is 0 Å². The van der Waals surface area contributed by atoms with Gasteiger partial charge in [0, 0.05) is 0 Å². The van der Waals surface area contributed by atoms with Crippen molar-refractivity contribution in [1.82, 2.24) is 10.2 Å². The van der Waals surface area contributed by atoms with Gasteiger partial charge < -0.3 is 15.3 Å². The molecule has 1 aromatic rings. The van der Waals surface area contributed by atoms with Gasteiger partial charge in [-0.25, -0.2) is 0 Å². The van der Waals surface area contributed by atoms with Crippen LogP contribution in [-0.4, -0.2) is 15.3 Å². The summed E-state index contributed by atoms with van der Waals surface area (Å²) in [5.74, 6) is 3.37. The van der Waals surface area contributed by atoms with Gasteiger partial charge in [-0.15, -0.1) is 10.2 Å². The first kappa shape index (κ1) is 11.9. The van der Waals surface area contributed by atoms with Gasteiger partial charge in [0.2, 0.25) is 11.8 Å². The lowest BCUT2D eigenvalue weighted by Crippen LogP contribution is -2.50. The van der Waals surface area contributed by atoms with Crippen LogP contribution in [0, 0.1) is 23.2 Å². The van der Waals surface area contributed by atoms with Gasteiger partial charge in [0.25, 0.3) is 0 Å². The minimum atomic E-state index is -0.208. The van der Waals surface area contributed by atoms with Crippen LogP contribution in [0.2, 0.25) is 0 Å². The Morgan fingerprint density at radius 1 is 1.16 bits per heavy atom. The molecule has 0 spiro atoms. The fourth-order valence-corrected chi connectivity index (χ4v) is 5.28. The number of aliphatic hydroxyl groups excluding tert-OH is 1. The standard InChI is InChI=1S/C14H21N3O2/c15-12(13-17-16-11(7-18)19-13)14-4-8-1-9(5-14)3-10(2-8)6-14/h8-10,12,18H,1-7,15H2. The van der Waals surface area contributed by atoms with Gasteiger partial charge >= 0.3 is 0 Å². The molecule has 1 heterocycles. The molecule has 1 aromatic heterocycles. The zero-order chi connectivity index (χ0) is 13.0. The van der Waals surface area contributed by atoms with Crippen LogP contribution in [0.25, 0.3) is 0 Å². The van der Waals surface area contributed by atoms with Gasteiger partial charge in [0.05, 0.1) is 6.04 Å². The molecular weight excluding hydrogens is 242 g/mol. The number of nitrogens with zero attached hydrogens (tertiary/aromatic N) is 2. The maximum Gasteiger partial charge on any atom is 0.241 e. The van der Waals surface area contributed by atoms with E-state index in [9.17, 15) is 0 Å². The molecule has 4 bridgehead atoms. The monoisotopic (exact) mass is 263 g/mol. The molecule has 19 heavy (non-hydrogen) atoms. The minimum absolute atomic E-state index is 0.159. The second-order valence-electron chi connectivity index (χ2n) is 6.95. The second-order valence-corrected chi connectivity index (χ2v) is 6.95. The SMILES string of the molecule is NC(c1nnc(CO)o1)C12CC3CC(CC(C3)C1)C2. The summed E-state index contributed by atoms with van der Waals surface area (Å²) in [4.78, 5) is 0. The number of aromatic nitrogens is 2. The Kier molecular flexibility index (Phi) is 2.51. The lowest BCUT2D eigenvalue weighted by atomic mass is 9.48. The van der Waals surface area contributed by atoms with Crippen molar-refractivity contribution in [3.05, 3.63) is 11.8 Å². The van der Waals surface area contributed by atoms with Crippen molar-refractivity contribution >= 4 is 0 Å². The summed E-state index contributed by atoms with van der Waals surface area (Å²) in [6.45, 7) is -0.208. The average molecular weight is 263 g/mol. The molecule has 4 fully saturated rings. The van der Waals surface area contributed by atoms with Crippen LogP contribution in [0.3, 0.4) is 0 Å². The summed E-state index contributed by atoms with van der Waals surface area (Å²) >= 11 is 0. The molecule has 0 amide bonds. The fourth-order valence-electron chi connectivity index (χ4n) is 5.28. The van der Waals surface area contributed by atoms with Crippen LogP contribution in [0.5, 0.6) is 0 Å². The van der Waals surface area contributed by atoms with Crippen LogP contribution in [0.15, 0.2) is 4.42 Å².